The Bertz CT molecular complexity index is 63.1. The van der Waals surface area contributed by atoms with E-state index in [-0.39, 0.29) is 6.67 Å². The van der Waals surface area contributed by atoms with Crippen LogP contribution in [0.5, 0.6) is 0 Å². The van der Waals surface area contributed by atoms with Crippen molar-refractivity contribution in [1.82, 2.24) is 0 Å². The first-order valence-electron chi connectivity index (χ1n) is 2.97. The zero-order chi connectivity index (χ0) is 10.6. The number of halogens is 4. The van der Waals surface area contributed by atoms with Gasteiger partial charge in [0.05, 0.1) is 6.67 Å². The summed E-state index contributed by atoms with van der Waals surface area (Å²) < 4.78 is 49.2. The largest absolute Gasteiger partial charge is 0.522 e. The molecule has 2 nitrogen and oxygen atoms in total. The van der Waals surface area contributed by atoms with Gasteiger partial charge < -0.3 is 4.74 Å². The summed E-state index contributed by atoms with van der Waals surface area (Å²) >= 11 is 0. The van der Waals surface area contributed by atoms with Crippen molar-refractivity contribution in [3.05, 3.63) is 0 Å². The van der Waals surface area contributed by atoms with Crippen LogP contribution in [-0.2, 0) is 9.47 Å². The Balaban J connectivity index is -0.000000115. The van der Waals surface area contributed by atoms with Crippen LogP contribution in [0.3, 0.4) is 0 Å². The SMILES string of the molecule is CCF.COC.COC(F)(F)F. The van der Waals surface area contributed by atoms with E-state index in [0.717, 1.165) is 0 Å². The maximum Gasteiger partial charge on any atom is 0.522 e. The molecule has 0 amide bonds. The van der Waals surface area contributed by atoms with E-state index in [1.807, 2.05) is 0 Å². The zero-order valence-corrected chi connectivity index (χ0v) is 7.54. The van der Waals surface area contributed by atoms with Gasteiger partial charge in [0.1, 0.15) is 0 Å². The maximum atomic E-state index is 10.6. The van der Waals surface area contributed by atoms with Crippen molar-refractivity contribution >= 4 is 0 Å². The quantitative estimate of drug-likeness (QED) is 0.551. The molecule has 0 aliphatic rings. The molecule has 0 spiro atoms. The average Bonchev–Trinajstić information content (AvgIpc) is 1.90. The Morgan fingerprint density at radius 1 is 1.08 bits per heavy atom. The van der Waals surface area contributed by atoms with Gasteiger partial charge in [-0.3, -0.25) is 9.13 Å². The van der Waals surface area contributed by atoms with Gasteiger partial charge in [-0.15, -0.1) is 13.2 Å². The minimum absolute atomic E-state index is 0.250. The second kappa shape index (κ2) is 13.2. The Kier molecular flexibility index (Phi) is 19.5. The Morgan fingerprint density at radius 3 is 1.17 bits per heavy atom. The molecule has 0 aliphatic carbocycles. The predicted molar refractivity (Wildman–Crippen MR) is 37.6 cm³/mol. The lowest BCUT2D eigenvalue weighted by Gasteiger charge is -1.97. The van der Waals surface area contributed by atoms with E-state index in [2.05, 4.69) is 9.47 Å². The summed E-state index contributed by atoms with van der Waals surface area (Å²) in [5.74, 6) is 0. The molecule has 6 heteroatoms. The van der Waals surface area contributed by atoms with Gasteiger partial charge >= 0.3 is 6.36 Å². The van der Waals surface area contributed by atoms with Crippen LogP contribution in [0.25, 0.3) is 0 Å². The van der Waals surface area contributed by atoms with E-state index in [4.69, 9.17) is 0 Å². The first kappa shape index (κ1) is 17.7. The van der Waals surface area contributed by atoms with Gasteiger partial charge in [0.15, 0.2) is 0 Å². The van der Waals surface area contributed by atoms with Crippen molar-refractivity contribution in [3.63, 3.8) is 0 Å². The Morgan fingerprint density at radius 2 is 1.17 bits per heavy atom. The van der Waals surface area contributed by atoms with Crippen LogP contribution in [-0.4, -0.2) is 34.4 Å². The fourth-order valence-corrected chi connectivity index (χ4v) is 0. The normalized spacial score (nSPS) is 9.00. The molecule has 0 rings (SSSR count). The molecule has 0 unspecified atom stereocenters. The van der Waals surface area contributed by atoms with E-state index < -0.39 is 6.36 Å². The minimum Gasteiger partial charge on any atom is -0.388 e. The zero-order valence-electron chi connectivity index (χ0n) is 7.54. The molecule has 0 fully saturated rings. The fourth-order valence-electron chi connectivity index (χ4n) is 0. The number of hydrogen-bond acceptors (Lipinski definition) is 2. The number of hydrogen-bond donors (Lipinski definition) is 0. The smallest absolute Gasteiger partial charge is 0.388 e. The lowest BCUT2D eigenvalue weighted by atomic mass is 10.9. The monoisotopic (exact) mass is 194 g/mol. The van der Waals surface area contributed by atoms with Crippen LogP contribution in [0.15, 0.2) is 0 Å². The molecular formula is C6H14F4O2. The molecule has 0 saturated heterocycles. The topological polar surface area (TPSA) is 18.5 Å². The highest BCUT2D eigenvalue weighted by Crippen LogP contribution is 2.13. The van der Waals surface area contributed by atoms with E-state index in [0.29, 0.717) is 7.11 Å². The third-order valence-corrected chi connectivity index (χ3v) is 0.231. The summed E-state index contributed by atoms with van der Waals surface area (Å²) in [5.41, 5.74) is 0. The summed E-state index contributed by atoms with van der Waals surface area (Å²) in [6, 6.07) is 0. The van der Waals surface area contributed by atoms with Crippen LogP contribution in [0, 0.1) is 0 Å². The highest BCUT2D eigenvalue weighted by atomic mass is 19.4. The summed E-state index contributed by atoms with van der Waals surface area (Å²) in [6.07, 6.45) is -4.46. The van der Waals surface area contributed by atoms with Crippen molar-refractivity contribution in [1.29, 1.82) is 0 Å². The van der Waals surface area contributed by atoms with Gasteiger partial charge in [-0.2, -0.15) is 0 Å². The molecule has 0 aromatic heterocycles. The van der Waals surface area contributed by atoms with E-state index in [9.17, 15) is 17.6 Å². The summed E-state index contributed by atoms with van der Waals surface area (Å²) in [7, 11) is 3.83. The van der Waals surface area contributed by atoms with Gasteiger partial charge in [0.25, 0.3) is 0 Å². The molecule has 0 atom stereocenters. The molecule has 0 aromatic carbocycles. The number of rotatable bonds is 0. The van der Waals surface area contributed by atoms with Crippen molar-refractivity contribution in [2.45, 2.75) is 13.3 Å². The number of methoxy groups -OCH3 is 2. The third-order valence-electron chi connectivity index (χ3n) is 0.231. The molecule has 78 valence electrons. The molecule has 0 heterocycles. The number of ether oxygens (including phenoxy) is 2. The summed E-state index contributed by atoms with van der Waals surface area (Å²) in [4.78, 5) is 0. The minimum atomic E-state index is -4.46. The van der Waals surface area contributed by atoms with Crippen LogP contribution in [0.2, 0.25) is 0 Å². The molecule has 0 bridgehead atoms. The summed E-state index contributed by atoms with van der Waals surface area (Å²) in [6.45, 7) is 1.21. The lowest BCUT2D eigenvalue weighted by Crippen LogP contribution is -2.08. The summed E-state index contributed by atoms with van der Waals surface area (Å²) in [5, 5.41) is 0. The van der Waals surface area contributed by atoms with E-state index in [1.165, 1.54) is 6.92 Å². The van der Waals surface area contributed by atoms with Gasteiger partial charge in [-0.1, -0.05) is 0 Å². The first-order valence-corrected chi connectivity index (χ1v) is 2.97. The molecular weight excluding hydrogens is 180 g/mol. The van der Waals surface area contributed by atoms with Crippen LogP contribution in [0.1, 0.15) is 6.92 Å². The predicted octanol–water partition coefficient (Wildman–Crippen LogP) is 2.39. The van der Waals surface area contributed by atoms with E-state index >= 15 is 0 Å². The highest BCUT2D eigenvalue weighted by molar-refractivity contribution is 4.15. The molecule has 0 aliphatic heterocycles. The van der Waals surface area contributed by atoms with Crippen LogP contribution >= 0.6 is 0 Å². The van der Waals surface area contributed by atoms with Crippen LogP contribution < -0.4 is 0 Å². The first-order chi connectivity index (χ1) is 5.39. The molecule has 0 N–H and O–H groups in total. The van der Waals surface area contributed by atoms with Gasteiger partial charge in [-0.05, 0) is 6.92 Å². The third kappa shape index (κ3) is 103. The molecule has 0 radical (unpaired) electrons. The number of alkyl halides is 4. The van der Waals surface area contributed by atoms with Gasteiger partial charge in [-0.25, -0.2) is 0 Å². The average molecular weight is 194 g/mol. The van der Waals surface area contributed by atoms with Gasteiger partial charge in [0, 0.05) is 21.3 Å². The molecule has 12 heavy (non-hydrogen) atoms. The Labute approximate surface area is 69.5 Å². The van der Waals surface area contributed by atoms with Crippen molar-refractivity contribution in [3.8, 4) is 0 Å². The molecule has 0 saturated carbocycles. The maximum absolute atomic E-state index is 10.6. The van der Waals surface area contributed by atoms with Gasteiger partial charge in [0.2, 0.25) is 0 Å². The van der Waals surface area contributed by atoms with Crippen molar-refractivity contribution < 1.29 is 27.0 Å². The van der Waals surface area contributed by atoms with Crippen molar-refractivity contribution in [2.24, 2.45) is 0 Å². The fraction of sp³-hybridized carbons (Fsp3) is 1.00. The van der Waals surface area contributed by atoms with E-state index in [1.54, 1.807) is 14.2 Å². The standard InChI is InChI=1S/C2H3F3O.C2H5F.C2H6O/c1-6-2(3,4)5;1-2-3;1-3-2/h1H3;2H2,1H3;1-2H3. The molecule has 0 aromatic rings. The lowest BCUT2D eigenvalue weighted by molar-refractivity contribution is -0.311. The second-order valence-corrected chi connectivity index (χ2v) is 1.33. The van der Waals surface area contributed by atoms with Crippen molar-refractivity contribution in [2.75, 3.05) is 28.0 Å². The van der Waals surface area contributed by atoms with Crippen LogP contribution in [0.4, 0.5) is 17.6 Å². The Hall–Kier alpha value is -0.360. The highest BCUT2D eigenvalue weighted by Gasteiger charge is 2.25. The second-order valence-electron chi connectivity index (χ2n) is 1.33.